The summed E-state index contributed by atoms with van der Waals surface area (Å²) < 4.78 is 0. The van der Waals surface area contributed by atoms with Crippen LogP contribution in [0.1, 0.15) is 42.3 Å². The molecule has 0 saturated carbocycles. The fourth-order valence-corrected chi connectivity index (χ4v) is 3.63. The molecular weight excluding hydrogens is 258 g/mol. The van der Waals surface area contributed by atoms with Gasteiger partial charge in [-0.1, -0.05) is 20.8 Å². The van der Waals surface area contributed by atoms with Gasteiger partial charge in [-0.15, -0.1) is 11.3 Å². The quantitative estimate of drug-likeness (QED) is 0.896. The van der Waals surface area contributed by atoms with E-state index < -0.39 is 0 Å². The molecule has 1 N–H and O–H groups in total. The lowest BCUT2D eigenvalue weighted by Gasteiger charge is -2.33. The highest BCUT2D eigenvalue weighted by Crippen LogP contribution is 2.26. The summed E-state index contributed by atoms with van der Waals surface area (Å²) in [5, 5.41) is 10.6. The van der Waals surface area contributed by atoms with Crippen LogP contribution in [-0.2, 0) is 13.2 Å². The van der Waals surface area contributed by atoms with Gasteiger partial charge in [0.2, 0.25) is 0 Å². The molecule has 0 aliphatic carbocycles. The maximum atomic E-state index is 9.40. The summed E-state index contributed by atoms with van der Waals surface area (Å²) in [4.78, 5) is 10.7. The number of aliphatic hydroxyl groups is 1. The van der Waals surface area contributed by atoms with Gasteiger partial charge in [0.15, 0.2) is 0 Å². The molecule has 0 spiro atoms. The van der Waals surface area contributed by atoms with E-state index in [0.29, 0.717) is 5.92 Å². The topological polar surface area (TPSA) is 39.6 Å². The van der Waals surface area contributed by atoms with Gasteiger partial charge in [0.1, 0.15) is 5.01 Å². The second-order valence-corrected chi connectivity index (χ2v) is 6.61. The van der Waals surface area contributed by atoms with Gasteiger partial charge in [-0.3, -0.25) is 4.90 Å². The van der Waals surface area contributed by atoms with E-state index in [1.165, 1.54) is 0 Å². The number of piperazine rings is 1. The first-order chi connectivity index (χ1) is 9.13. The van der Waals surface area contributed by atoms with Crippen molar-refractivity contribution in [3.8, 4) is 0 Å². The van der Waals surface area contributed by atoms with Gasteiger partial charge < -0.3 is 10.0 Å². The Kier molecular flexibility index (Phi) is 5.33. The standard InChI is InChI=1S/C14H25N3OS/c1-4-16-5-7-17(8-6-16)9-13-15-14(11(2)3)12(10-18)19-13/h11,18H,4-10H2,1-3H3. The van der Waals surface area contributed by atoms with Crippen LogP contribution in [0.2, 0.25) is 0 Å². The van der Waals surface area contributed by atoms with Crippen molar-refractivity contribution >= 4 is 11.3 Å². The minimum Gasteiger partial charge on any atom is -0.391 e. The van der Waals surface area contributed by atoms with Crippen LogP contribution in [-0.4, -0.2) is 52.6 Å². The highest BCUT2D eigenvalue weighted by Gasteiger charge is 2.19. The molecule has 1 aliphatic rings. The summed E-state index contributed by atoms with van der Waals surface area (Å²) in [6, 6.07) is 0. The van der Waals surface area contributed by atoms with E-state index in [1.807, 2.05) is 0 Å². The normalized spacial score (nSPS) is 18.4. The maximum Gasteiger partial charge on any atom is 0.107 e. The number of rotatable bonds is 5. The molecule has 1 aromatic rings. The van der Waals surface area contributed by atoms with Crippen LogP contribution in [0.3, 0.4) is 0 Å². The summed E-state index contributed by atoms with van der Waals surface area (Å²) in [5.41, 5.74) is 1.08. The van der Waals surface area contributed by atoms with Crippen LogP contribution in [0.15, 0.2) is 0 Å². The highest BCUT2D eigenvalue weighted by atomic mass is 32.1. The number of hydrogen-bond donors (Lipinski definition) is 1. The highest BCUT2D eigenvalue weighted by molar-refractivity contribution is 7.11. The summed E-state index contributed by atoms with van der Waals surface area (Å²) in [5.74, 6) is 0.393. The van der Waals surface area contributed by atoms with Crippen molar-refractivity contribution in [2.45, 2.75) is 39.8 Å². The lowest BCUT2D eigenvalue weighted by atomic mass is 10.1. The van der Waals surface area contributed by atoms with Crippen LogP contribution < -0.4 is 0 Å². The van der Waals surface area contributed by atoms with Crippen molar-refractivity contribution in [1.82, 2.24) is 14.8 Å². The van der Waals surface area contributed by atoms with E-state index in [9.17, 15) is 5.11 Å². The molecule has 0 unspecified atom stereocenters. The van der Waals surface area contributed by atoms with Crippen LogP contribution in [0.4, 0.5) is 0 Å². The van der Waals surface area contributed by atoms with Gasteiger partial charge >= 0.3 is 0 Å². The van der Waals surface area contributed by atoms with Crippen molar-refractivity contribution < 1.29 is 5.11 Å². The molecule has 0 amide bonds. The number of aromatic nitrogens is 1. The summed E-state index contributed by atoms with van der Waals surface area (Å²) in [6.45, 7) is 13.3. The van der Waals surface area contributed by atoms with Gasteiger partial charge in [-0.05, 0) is 12.5 Å². The molecule has 2 rings (SSSR count). The van der Waals surface area contributed by atoms with Gasteiger partial charge in [0.05, 0.1) is 23.7 Å². The minimum absolute atomic E-state index is 0.120. The van der Waals surface area contributed by atoms with E-state index in [0.717, 1.165) is 54.8 Å². The Labute approximate surface area is 120 Å². The van der Waals surface area contributed by atoms with Crippen LogP contribution in [0, 0.1) is 0 Å². The first kappa shape index (κ1) is 14.9. The fourth-order valence-electron chi connectivity index (χ4n) is 2.50. The molecule has 0 aromatic carbocycles. The van der Waals surface area contributed by atoms with E-state index in [2.05, 4.69) is 30.6 Å². The lowest BCUT2D eigenvalue weighted by Crippen LogP contribution is -2.45. The Morgan fingerprint density at radius 1 is 1.21 bits per heavy atom. The Hall–Kier alpha value is -0.490. The van der Waals surface area contributed by atoms with Gasteiger partial charge in [0, 0.05) is 26.2 Å². The van der Waals surface area contributed by atoms with E-state index >= 15 is 0 Å². The Balaban J connectivity index is 1.96. The number of aliphatic hydroxyl groups excluding tert-OH is 1. The lowest BCUT2D eigenvalue weighted by molar-refractivity contribution is 0.132. The monoisotopic (exact) mass is 283 g/mol. The molecule has 1 fully saturated rings. The first-order valence-corrected chi connectivity index (χ1v) is 7.99. The predicted molar refractivity (Wildman–Crippen MR) is 79.5 cm³/mol. The first-order valence-electron chi connectivity index (χ1n) is 7.18. The van der Waals surface area contributed by atoms with Gasteiger partial charge in [-0.2, -0.15) is 0 Å². The number of hydrogen-bond acceptors (Lipinski definition) is 5. The largest absolute Gasteiger partial charge is 0.391 e. The maximum absolute atomic E-state index is 9.40. The third kappa shape index (κ3) is 3.75. The SMILES string of the molecule is CCN1CCN(Cc2nc(C(C)C)c(CO)s2)CC1. The zero-order valence-corrected chi connectivity index (χ0v) is 13.0. The fraction of sp³-hybridized carbons (Fsp3) is 0.786. The number of nitrogens with zero attached hydrogens (tertiary/aromatic N) is 3. The number of likely N-dealkylation sites (N-methyl/N-ethyl adjacent to an activating group) is 1. The smallest absolute Gasteiger partial charge is 0.107 e. The molecule has 0 atom stereocenters. The Bertz CT molecular complexity index is 397. The molecule has 0 bridgehead atoms. The predicted octanol–water partition coefficient (Wildman–Crippen LogP) is 1.90. The molecule has 4 nitrogen and oxygen atoms in total. The second kappa shape index (κ2) is 6.79. The second-order valence-electron chi connectivity index (χ2n) is 5.44. The van der Waals surface area contributed by atoms with Crippen molar-refractivity contribution in [2.24, 2.45) is 0 Å². The molecule has 19 heavy (non-hydrogen) atoms. The van der Waals surface area contributed by atoms with Crippen LogP contribution in [0.5, 0.6) is 0 Å². The third-order valence-corrected chi connectivity index (χ3v) is 4.77. The molecule has 108 valence electrons. The summed E-state index contributed by atoms with van der Waals surface area (Å²) >= 11 is 1.67. The molecule has 1 aromatic heterocycles. The molecule has 5 heteroatoms. The third-order valence-electron chi connectivity index (χ3n) is 3.73. The van der Waals surface area contributed by atoms with Crippen LogP contribution in [0.25, 0.3) is 0 Å². The van der Waals surface area contributed by atoms with Crippen molar-refractivity contribution in [3.63, 3.8) is 0 Å². The average molecular weight is 283 g/mol. The molecular formula is C14H25N3OS. The average Bonchev–Trinajstić information content (AvgIpc) is 2.83. The van der Waals surface area contributed by atoms with E-state index in [-0.39, 0.29) is 6.61 Å². The van der Waals surface area contributed by atoms with Gasteiger partial charge in [0.25, 0.3) is 0 Å². The number of thiazole rings is 1. The Morgan fingerprint density at radius 2 is 1.84 bits per heavy atom. The minimum atomic E-state index is 0.120. The molecule has 0 radical (unpaired) electrons. The van der Waals surface area contributed by atoms with Crippen molar-refractivity contribution in [2.75, 3.05) is 32.7 Å². The van der Waals surface area contributed by atoms with E-state index in [4.69, 9.17) is 4.98 Å². The van der Waals surface area contributed by atoms with Crippen molar-refractivity contribution in [3.05, 3.63) is 15.6 Å². The van der Waals surface area contributed by atoms with E-state index in [1.54, 1.807) is 11.3 Å². The molecule has 2 heterocycles. The summed E-state index contributed by atoms with van der Waals surface area (Å²) in [6.07, 6.45) is 0. The van der Waals surface area contributed by atoms with Crippen LogP contribution >= 0.6 is 11.3 Å². The van der Waals surface area contributed by atoms with Gasteiger partial charge in [-0.25, -0.2) is 4.98 Å². The summed E-state index contributed by atoms with van der Waals surface area (Å²) in [7, 11) is 0. The zero-order valence-electron chi connectivity index (χ0n) is 12.2. The molecule has 1 aliphatic heterocycles. The van der Waals surface area contributed by atoms with Crippen molar-refractivity contribution in [1.29, 1.82) is 0 Å². The Morgan fingerprint density at radius 3 is 2.32 bits per heavy atom. The zero-order chi connectivity index (χ0) is 13.8. The molecule has 1 saturated heterocycles.